The molecule has 0 aromatic heterocycles. The molecule has 0 aliphatic heterocycles. The number of nitrogens with two attached hydrogens (primary N) is 1. The van der Waals surface area contributed by atoms with Crippen LogP contribution in [0.1, 0.15) is 39.5 Å². The molecule has 0 aliphatic carbocycles. The van der Waals surface area contributed by atoms with E-state index in [1.807, 2.05) is 25.6 Å². The van der Waals surface area contributed by atoms with E-state index in [0.29, 0.717) is 0 Å². The van der Waals surface area contributed by atoms with Crippen LogP contribution >= 0.6 is 11.8 Å². The van der Waals surface area contributed by atoms with Gasteiger partial charge in [-0.25, -0.2) is 0 Å². The minimum atomic E-state index is 0.119. The van der Waals surface area contributed by atoms with Crippen LogP contribution in [0.25, 0.3) is 0 Å². The van der Waals surface area contributed by atoms with Crippen molar-refractivity contribution in [3.8, 4) is 0 Å². The number of amides is 1. The van der Waals surface area contributed by atoms with Gasteiger partial charge in [0.2, 0.25) is 5.91 Å². The molecule has 0 saturated heterocycles. The van der Waals surface area contributed by atoms with E-state index in [0.717, 1.165) is 38.0 Å². The zero-order valence-corrected chi connectivity index (χ0v) is 11.6. The molecule has 1 amide bonds. The first kappa shape index (κ1) is 15.8. The molecule has 16 heavy (non-hydrogen) atoms. The van der Waals surface area contributed by atoms with Gasteiger partial charge in [-0.15, -0.1) is 0 Å². The Morgan fingerprint density at radius 2 is 2.00 bits per heavy atom. The highest BCUT2D eigenvalue weighted by atomic mass is 32.2. The van der Waals surface area contributed by atoms with Crippen LogP contribution in [0.15, 0.2) is 0 Å². The van der Waals surface area contributed by atoms with Crippen molar-refractivity contribution in [2.75, 3.05) is 18.6 Å². The third kappa shape index (κ3) is 9.04. The van der Waals surface area contributed by atoms with Gasteiger partial charge in [0.05, 0.1) is 0 Å². The number of rotatable bonds is 9. The van der Waals surface area contributed by atoms with Gasteiger partial charge in [0.25, 0.3) is 0 Å². The average Bonchev–Trinajstić information content (AvgIpc) is 2.23. The summed E-state index contributed by atoms with van der Waals surface area (Å²) in [5, 5.41) is 2.97. The van der Waals surface area contributed by atoms with E-state index >= 15 is 0 Å². The van der Waals surface area contributed by atoms with Crippen molar-refractivity contribution in [2.24, 2.45) is 11.7 Å². The number of hydrogen-bond acceptors (Lipinski definition) is 3. The van der Waals surface area contributed by atoms with Crippen LogP contribution in [0, 0.1) is 5.92 Å². The maximum atomic E-state index is 11.6. The summed E-state index contributed by atoms with van der Waals surface area (Å²) in [5.74, 6) is 1.41. The van der Waals surface area contributed by atoms with Crippen molar-refractivity contribution in [1.82, 2.24) is 5.32 Å². The van der Waals surface area contributed by atoms with Crippen LogP contribution in [0.3, 0.4) is 0 Å². The summed E-state index contributed by atoms with van der Waals surface area (Å²) < 4.78 is 0. The fourth-order valence-corrected chi connectivity index (χ4v) is 1.91. The molecule has 0 radical (unpaired) electrons. The lowest BCUT2D eigenvalue weighted by molar-refractivity contribution is -0.124. The number of carbonyl (C=O) groups excluding carboxylic acids is 1. The van der Waals surface area contributed by atoms with E-state index in [9.17, 15) is 4.79 Å². The molecule has 0 bridgehead atoms. The molecule has 0 saturated carbocycles. The Hall–Kier alpha value is -0.220. The second-order valence-electron chi connectivity index (χ2n) is 4.45. The smallest absolute Gasteiger partial charge is 0.222 e. The highest BCUT2D eigenvalue weighted by Crippen LogP contribution is 2.09. The summed E-state index contributed by atoms with van der Waals surface area (Å²) in [4.78, 5) is 11.6. The van der Waals surface area contributed by atoms with Crippen LogP contribution < -0.4 is 11.1 Å². The number of nitrogens with one attached hydrogen (secondary N) is 1. The van der Waals surface area contributed by atoms with Gasteiger partial charge in [0, 0.05) is 18.5 Å². The lowest BCUT2D eigenvalue weighted by atomic mass is 10.0. The monoisotopic (exact) mass is 246 g/mol. The number of hydrogen-bond donors (Lipinski definition) is 2. The summed E-state index contributed by atoms with van der Waals surface area (Å²) in [5.41, 5.74) is 5.67. The lowest BCUT2D eigenvalue weighted by Crippen LogP contribution is -2.30. The average molecular weight is 246 g/mol. The molecular weight excluding hydrogens is 220 g/mol. The quantitative estimate of drug-likeness (QED) is 0.612. The molecule has 4 heteroatoms. The minimum Gasteiger partial charge on any atom is -0.356 e. The van der Waals surface area contributed by atoms with Crippen LogP contribution in [-0.2, 0) is 4.79 Å². The number of thioether (sulfide) groups is 1. The SMILES string of the molecule is CSCCCNC(=O)C(C)CCCC(C)N. The van der Waals surface area contributed by atoms with E-state index < -0.39 is 0 Å². The molecule has 3 nitrogen and oxygen atoms in total. The molecule has 96 valence electrons. The molecular formula is C12H26N2OS. The Labute approximate surface area is 104 Å². The Morgan fingerprint density at radius 3 is 2.56 bits per heavy atom. The fraction of sp³-hybridized carbons (Fsp3) is 0.917. The van der Waals surface area contributed by atoms with Gasteiger partial charge in [0.15, 0.2) is 0 Å². The predicted molar refractivity (Wildman–Crippen MR) is 72.7 cm³/mol. The van der Waals surface area contributed by atoms with Crippen LogP contribution in [0.5, 0.6) is 0 Å². The normalized spacial score (nSPS) is 14.5. The Bertz CT molecular complexity index is 186. The van der Waals surface area contributed by atoms with Gasteiger partial charge < -0.3 is 11.1 Å². The molecule has 0 aliphatic rings. The first-order valence-corrected chi connectivity index (χ1v) is 7.49. The standard InChI is InChI=1S/C12H26N2OS/c1-10(6-4-7-11(2)13)12(15)14-8-5-9-16-3/h10-11H,4-9,13H2,1-3H3,(H,14,15). The minimum absolute atomic E-state index is 0.119. The third-order valence-corrected chi connectivity index (χ3v) is 3.27. The molecule has 0 spiro atoms. The van der Waals surface area contributed by atoms with Gasteiger partial charge >= 0.3 is 0 Å². The highest BCUT2D eigenvalue weighted by Gasteiger charge is 2.11. The van der Waals surface area contributed by atoms with E-state index in [4.69, 9.17) is 5.73 Å². The maximum Gasteiger partial charge on any atom is 0.222 e. The van der Waals surface area contributed by atoms with Gasteiger partial charge in [-0.3, -0.25) is 4.79 Å². The molecule has 0 heterocycles. The van der Waals surface area contributed by atoms with Gasteiger partial charge in [-0.05, 0) is 38.2 Å². The first-order chi connectivity index (χ1) is 7.57. The zero-order valence-electron chi connectivity index (χ0n) is 10.8. The second kappa shape index (κ2) is 9.97. The van der Waals surface area contributed by atoms with Gasteiger partial charge in [-0.1, -0.05) is 13.3 Å². The lowest BCUT2D eigenvalue weighted by Gasteiger charge is -2.12. The van der Waals surface area contributed by atoms with E-state index in [1.165, 1.54) is 0 Å². The van der Waals surface area contributed by atoms with E-state index in [2.05, 4.69) is 11.6 Å². The van der Waals surface area contributed by atoms with Crippen molar-refractivity contribution >= 4 is 17.7 Å². The summed E-state index contributed by atoms with van der Waals surface area (Å²) in [6.45, 7) is 4.80. The molecule has 2 unspecified atom stereocenters. The van der Waals surface area contributed by atoms with Gasteiger partial charge in [0.1, 0.15) is 0 Å². The van der Waals surface area contributed by atoms with Crippen molar-refractivity contribution < 1.29 is 4.79 Å². The topological polar surface area (TPSA) is 55.1 Å². The molecule has 3 N–H and O–H groups in total. The van der Waals surface area contributed by atoms with E-state index in [1.54, 1.807) is 0 Å². The van der Waals surface area contributed by atoms with Crippen LogP contribution in [-0.4, -0.2) is 30.5 Å². The van der Waals surface area contributed by atoms with Crippen molar-refractivity contribution in [2.45, 2.75) is 45.6 Å². The molecule has 0 fully saturated rings. The summed E-state index contributed by atoms with van der Waals surface area (Å²) in [7, 11) is 0. The van der Waals surface area contributed by atoms with Crippen molar-refractivity contribution in [1.29, 1.82) is 0 Å². The Morgan fingerprint density at radius 1 is 1.31 bits per heavy atom. The highest BCUT2D eigenvalue weighted by molar-refractivity contribution is 7.98. The predicted octanol–water partition coefficient (Wildman–Crippen LogP) is 2.01. The van der Waals surface area contributed by atoms with Crippen molar-refractivity contribution in [3.63, 3.8) is 0 Å². The maximum absolute atomic E-state index is 11.6. The Kier molecular flexibility index (Phi) is 9.83. The van der Waals surface area contributed by atoms with Crippen molar-refractivity contribution in [3.05, 3.63) is 0 Å². The van der Waals surface area contributed by atoms with Gasteiger partial charge in [-0.2, -0.15) is 11.8 Å². The summed E-state index contributed by atoms with van der Waals surface area (Å²) >= 11 is 1.81. The Balaban J connectivity index is 3.49. The molecule has 0 aromatic rings. The molecule has 0 rings (SSSR count). The summed E-state index contributed by atoms with van der Waals surface area (Å²) in [6.07, 6.45) is 6.12. The first-order valence-electron chi connectivity index (χ1n) is 6.10. The molecule has 0 aromatic carbocycles. The number of carbonyl (C=O) groups is 1. The fourth-order valence-electron chi connectivity index (χ4n) is 1.48. The second-order valence-corrected chi connectivity index (χ2v) is 5.43. The van der Waals surface area contributed by atoms with Crippen LogP contribution in [0.4, 0.5) is 0 Å². The molecule has 2 atom stereocenters. The third-order valence-electron chi connectivity index (χ3n) is 2.57. The van der Waals surface area contributed by atoms with Crippen LogP contribution in [0.2, 0.25) is 0 Å². The summed E-state index contributed by atoms with van der Waals surface area (Å²) in [6, 6.07) is 0.247. The van der Waals surface area contributed by atoms with E-state index in [-0.39, 0.29) is 17.9 Å². The zero-order chi connectivity index (χ0) is 12.4. The largest absolute Gasteiger partial charge is 0.356 e.